The summed E-state index contributed by atoms with van der Waals surface area (Å²) in [6, 6.07) is 75.5. The average Bonchev–Trinajstić information content (AvgIpc) is 0.832. The Morgan fingerprint density at radius 3 is 0.559 bits per heavy atom. The van der Waals surface area contributed by atoms with Gasteiger partial charge < -0.3 is 9.47 Å². The van der Waals surface area contributed by atoms with E-state index in [4.69, 9.17) is 11.6 Å². The number of rotatable bonds is 3. The summed E-state index contributed by atoms with van der Waals surface area (Å²) in [5.74, 6) is -13.7. The average molecular weight is 2060 g/mol. The van der Waals surface area contributed by atoms with Crippen molar-refractivity contribution in [2.45, 2.75) is 192 Å². The van der Waals surface area contributed by atoms with Crippen molar-refractivity contribution in [3.05, 3.63) is 516 Å². The molecule has 0 aromatic heterocycles. The normalized spacial score (nSPS) is 10.1. The molecule has 0 saturated carbocycles. The predicted octanol–water partition coefficient (Wildman–Crippen LogP) is 38.4. The second-order valence-electron chi connectivity index (χ2n) is 33.7. The van der Waals surface area contributed by atoms with E-state index in [1.165, 1.54) is 164 Å². The van der Waals surface area contributed by atoms with Crippen molar-refractivity contribution in [3.63, 3.8) is 0 Å². The summed E-state index contributed by atoms with van der Waals surface area (Å²) in [5, 5.41) is 0.181. The fourth-order valence-electron chi connectivity index (χ4n) is 10.7. The van der Waals surface area contributed by atoms with Crippen molar-refractivity contribution in [3.8, 4) is 11.5 Å². The number of hydrogen-bond acceptors (Lipinski definition) is 2. The third kappa shape index (κ3) is 55.8. The smallest absolute Gasteiger partial charge is 0.429 e. The van der Waals surface area contributed by atoms with Crippen molar-refractivity contribution in [2.24, 2.45) is 0 Å². The highest BCUT2D eigenvalue weighted by Crippen LogP contribution is 2.33. The molecule has 2 nitrogen and oxygen atoms in total. The number of aryl methyl sites for hydroxylation is 22. The molecule has 145 heavy (non-hydrogen) atoms. The highest BCUT2D eigenvalue weighted by molar-refractivity contribution is 6.30. The third-order valence-corrected chi connectivity index (χ3v) is 19.6. The summed E-state index contributed by atoms with van der Waals surface area (Å²) >= 11 is 5.41. The van der Waals surface area contributed by atoms with Crippen molar-refractivity contribution in [1.82, 2.24) is 0 Å². The number of hydrogen-bond donors (Lipinski definition) is 0. The van der Waals surface area contributed by atoms with Gasteiger partial charge in [0.05, 0.1) is 10.6 Å². The maximum absolute atomic E-state index is 12.8. The monoisotopic (exact) mass is 2060 g/mol. The summed E-state index contributed by atoms with van der Waals surface area (Å²) in [6.45, 7) is 42.1. The fourth-order valence-corrected chi connectivity index (χ4v) is 10.9. The Morgan fingerprint density at radius 2 is 0.372 bits per heavy atom. The van der Waals surface area contributed by atoms with Crippen LogP contribution < -0.4 is 9.47 Å². The van der Waals surface area contributed by atoms with Crippen LogP contribution in [0, 0.1) is 266 Å². The van der Waals surface area contributed by atoms with Crippen molar-refractivity contribution < 1.29 is 115 Å². The molecule has 0 bridgehead atoms. The van der Waals surface area contributed by atoms with Gasteiger partial charge in [-0.2, -0.15) is 22.0 Å². The molecule has 0 amide bonds. The largest absolute Gasteiger partial charge is 0.573 e. The predicted molar refractivity (Wildman–Crippen MR) is 538 cm³/mol. The van der Waals surface area contributed by atoms with Gasteiger partial charge in [0.15, 0.2) is 40.7 Å². The zero-order valence-corrected chi connectivity index (χ0v) is 86.1. The lowest BCUT2D eigenvalue weighted by molar-refractivity contribution is -0.276. The SMILES string of the molecule is Cc1cc(F)c(C)c(F)c1.Cc1cc(F)c(C)c(F)c1.Cc1cc(F)c(C)c(F)c1.Cc1cc(F)c(OC(F)(F)F)c(F)c1.Cc1cc(F)c(OC(F)F)c(F)c1.Cc1ccc(C(F)(F)F)c(F)c1.Cc1ccc(C)c(F)c1.Cc1ccc(C)c(F)c1.Cc1ccc(C)cc1.Cc1ccc(C)cc1.Cc1ccc(C)cc1.Cc1ccc(C)cc1.Cc1ccc(C)cc1.Cc1ccc(Cl)c(F)c1.Cc1ccc(F)c(F)c1. The van der Waals surface area contributed by atoms with E-state index in [0.717, 1.165) is 70.8 Å². The van der Waals surface area contributed by atoms with Gasteiger partial charge in [-0.1, -0.05) is 231 Å². The van der Waals surface area contributed by atoms with Crippen LogP contribution in [0.15, 0.2) is 273 Å². The van der Waals surface area contributed by atoms with Crippen LogP contribution in [0.2, 0.25) is 5.02 Å². The standard InChI is InChI=1S/C8H5F5O.C8H6F4O.C8H6F4.3C8H8F2.2C8H9F.5C8H10.C7H6ClF.C7H6F2/c1-4-2-5(9)7(6(10)3-4)14-8(11,12)13;1-4-2-5(9)7(6(10)3-4)13-8(11)12;1-5-2-3-6(7(9)4-5)8(10,11)12;3*1-5-3-7(9)6(2)8(10)4-5;2*1-6-3-4-7(2)8(9)5-6;5*1-7-3-5-8(2)6-4-7;2*1-5-2-3-6(8)7(9)4-5/h2-3H,1H3;2-3,8H,1H3;2-4H,1H3;3*3-4H,1-2H3;2*3-5H,1-2H3;5*3-6H,1-2H3;2*2-4H,1H3. The van der Waals surface area contributed by atoms with Crippen LogP contribution in [-0.2, 0) is 6.18 Å². The lowest BCUT2D eigenvalue weighted by Gasteiger charge is -2.10. The fraction of sp³-hybridized carbons (Fsp3) is 0.237. The van der Waals surface area contributed by atoms with E-state index >= 15 is 0 Å². The molecule has 0 radical (unpaired) electrons. The molecule has 15 aromatic carbocycles. The number of alkyl halides is 8. The summed E-state index contributed by atoms with van der Waals surface area (Å²) in [6.07, 6.45) is -9.70. The molecule has 0 fully saturated rings. The third-order valence-electron chi connectivity index (χ3n) is 19.3. The van der Waals surface area contributed by atoms with Gasteiger partial charge in [-0.3, -0.25) is 0 Å². The minimum atomic E-state index is -5.10. The van der Waals surface area contributed by atoms with Crippen molar-refractivity contribution >= 4 is 11.6 Å². The first-order valence-electron chi connectivity index (χ1n) is 44.5. The van der Waals surface area contributed by atoms with Gasteiger partial charge in [-0.05, 0) is 349 Å². The Bertz CT molecular complexity index is 5620. The molecule has 0 unspecified atom stereocenters. The van der Waals surface area contributed by atoms with E-state index in [2.05, 4.69) is 200 Å². The van der Waals surface area contributed by atoms with E-state index < -0.39 is 112 Å². The van der Waals surface area contributed by atoms with Crippen LogP contribution in [0.3, 0.4) is 0 Å². The maximum atomic E-state index is 12.8. The second kappa shape index (κ2) is 65.0. The highest BCUT2D eigenvalue weighted by atomic mass is 35.5. The Morgan fingerprint density at radius 1 is 0.186 bits per heavy atom. The van der Waals surface area contributed by atoms with Crippen LogP contribution in [-0.4, -0.2) is 13.0 Å². The molecule has 27 heteroatoms. The van der Waals surface area contributed by atoms with Gasteiger partial charge in [-0.15, -0.1) is 13.2 Å². The minimum Gasteiger partial charge on any atom is -0.429 e. The molecule has 0 heterocycles. The lowest BCUT2D eigenvalue weighted by atomic mass is 10.1. The van der Waals surface area contributed by atoms with E-state index in [0.29, 0.717) is 38.9 Å². The summed E-state index contributed by atoms with van der Waals surface area (Å²) in [7, 11) is 0. The molecule has 0 aliphatic heterocycles. The summed E-state index contributed by atoms with van der Waals surface area (Å²) in [4.78, 5) is 0. The van der Waals surface area contributed by atoms with Gasteiger partial charge in [-0.25, -0.2) is 70.2 Å². The number of benzene rings is 15. The Balaban J connectivity index is 0.000000779. The van der Waals surface area contributed by atoms with Crippen molar-refractivity contribution in [1.29, 1.82) is 0 Å². The first-order valence-corrected chi connectivity index (χ1v) is 44.8. The van der Waals surface area contributed by atoms with E-state index in [-0.39, 0.29) is 44.7 Å². The second-order valence-corrected chi connectivity index (χ2v) is 34.1. The van der Waals surface area contributed by atoms with Crippen LogP contribution in [0.5, 0.6) is 11.5 Å². The minimum absolute atomic E-state index is 0.0885. The van der Waals surface area contributed by atoms with Crippen LogP contribution in [0.4, 0.5) is 105 Å². The van der Waals surface area contributed by atoms with Gasteiger partial charge in [0.1, 0.15) is 58.2 Å². The molecule has 780 valence electrons. The van der Waals surface area contributed by atoms with Gasteiger partial charge in [0.2, 0.25) is 5.75 Å². The number of halogens is 25. The molecule has 0 spiro atoms. The quantitative estimate of drug-likeness (QED) is 0.164. The highest BCUT2D eigenvalue weighted by Gasteiger charge is 2.35. The molecular weight excluding hydrogens is 1940 g/mol. The van der Waals surface area contributed by atoms with Crippen LogP contribution in [0.25, 0.3) is 0 Å². The number of ether oxygens (including phenoxy) is 2. The van der Waals surface area contributed by atoms with E-state index in [9.17, 15) is 105 Å². The van der Waals surface area contributed by atoms with Crippen molar-refractivity contribution in [2.75, 3.05) is 0 Å². The zero-order chi connectivity index (χ0) is 111. The molecule has 15 aromatic rings. The molecule has 0 N–H and O–H groups in total. The molecule has 0 saturated heterocycles. The van der Waals surface area contributed by atoms with Crippen LogP contribution >= 0.6 is 11.6 Å². The molecule has 0 aliphatic rings. The van der Waals surface area contributed by atoms with E-state index in [1.54, 1.807) is 65.8 Å². The maximum Gasteiger partial charge on any atom is 0.573 e. The first-order chi connectivity index (χ1) is 67.3. The zero-order valence-electron chi connectivity index (χ0n) is 85.3. The van der Waals surface area contributed by atoms with Gasteiger partial charge >= 0.3 is 19.2 Å². The molecule has 0 aliphatic carbocycles. The summed E-state index contributed by atoms with van der Waals surface area (Å²) < 4.78 is 302. The molecular formula is C118H121ClF24O2. The van der Waals surface area contributed by atoms with E-state index in [1.807, 2.05) is 32.9 Å². The molecule has 15 rings (SSSR count). The molecule has 0 atom stereocenters. The first kappa shape index (κ1) is 130. The topological polar surface area (TPSA) is 18.5 Å². The van der Waals surface area contributed by atoms with Gasteiger partial charge in [0, 0.05) is 16.7 Å². The Labute approximate surface area is 841 Å². The summed E-state index contributed by atoms with van der Waals surface area (Å²) in [5.41, 5.74) is 20.1. The Hall–Kier alpha value is -13.5. The lowest BCUT2D eigenvalue weighted by Crippen LogP contribution is -2.19. The van der Waals surface area contributed by atoms with Crippen LogP contribution in [0.1, 0.15) is 145 Å². The Kier molecular flexibility index (Phi) is 58.1. The van der Waals surface area contributed by atoms with Gasteiger partial charge in [0.25, 0.3) is 0 Å².